The highest BCUT2D eigenvalue weighted by Crippen LogP contribution is 2.18. The van der Waals surface area contributed by atoms with Gasteiger partial charge in [-0.3, -0.25) is 4.79 Å². The van der Waals surface area contributed by atoms with E-state index in [1.54, 1.807) is 12.1 Å². The summed E-state index contributed by atoms with van der Waals surface area (Å²) in [5, 5.41) is 0.236. The highest BCUT2D eigenvalue weighted by molar-refractivity contribution is 8.13. The Morgan fingerprint density at radius 2 is 1.93 bits per heavy atom. The van der Waals surface area contributed by atoms with Crippen LogP contribution < -0.4 is 0 Å². The molecule has 1 unspecified atom stereocenters. The Bertz CT molecular complexity index is 704. The van der Waals surface area contributed by atoms with Gasteiger partial charge in [0, 0.05) is 31.1 Å². The van der Waals surface area contributed by atoms with E-state index in [2.05, 4.69) is 18.7 Å². The van der Waals surface area contributed by atoms with Crippen LogP contribution in [0.25, 0.3) is 0 Å². The molecule has 0 aromatic heterocycles. The summed E-state index contributed by atoms with van der Waals surface area (Å²) in [7, 11) is -3.14. The van der Waals surface area contributed by atoms with Gasteiger partial charge in [0.05, 0.1) is 4.90 Å². The monoisotopic (exact) mass is 412 g/mol. The van der Waals surface area contributed by atoms with Gasteiger partial charge in [0.2, 0.25) is 0 Å². The van der Waals surface area contributed by atoms with Crippen molar-refractivity contribution in [1.82, 2.24) is 9.80 Å². The number of hydrogen-bond donors (Lipinski definition) is 0. The first-order chi connectivity index (χ1) is 12.8. The number of nitrogens with zero attached hydrogens (tertiary/aromatic N) is 2. The third-order valence-electron chi connectivity index (χ3n) is 5.09. The van der Waals surface area contributed by atoms with Gasteiger partial charge >= 0.3 is 0 Å². The first-order valence-corrected chi connectivity index (χ1v) is 12.6. The van der Waals surface area contributed by atoms with Gasteiger partial charge in [0.1, 0.15) is 0 Å². The maximum Gasteiger partial charge on any atom is 0.281 e. The Morgan fingerprint density at radius 1 is 1.22 bits per heavy atom. The van der Waals surface area contributed by atoms with Crippen LogP contribution in [-0.4, -0.2) is 67.7 Å². The van der Waals surface area contributed by atoms with Crippen molar-refractivity contribution in [2.45, 2.75) is 50.5 Å². The molecule has 2 rings (SSSR count). The summed E-state index contributed by atoms with van der Waals surface area (Å²) in [6.07, 6.45) is 5.36. The molecule has 0 N–H and O–H groups in total. The van der Waals surface area contributed by atoms with Crippen LogP contribution >= 0.6 is 11.8 Å². The van der Waals surface area contributed by atoms with Gasteiger partial charge in [-0.15, -0.1) is 0 Å². The molecule has 1 amide bonds. The van der Waals surface area contributed by atoms with Crippen LogP contribution in [0.2, 0.25) is 0 Å². The molecule has 0 saturated carbocycles. The SMILES string of the molecule is CCN(CCCCN1CCCSC1=O)C(C)Cc1ccc(S(C)(=O)=O)cc1. The molecule has 0 bridgehead atoms. The predicted octanol–water partition coefficient (Wildman–Crippen LogP) is 3.68. The minimum atomic E-state index is -3.14. The second kappa shape index (κ2) is 10.5. The average Bonchev–Trinajstić information content (AvgIpc) is 2.62. The summed E-state index contributed by atoms with van der Waals surface area (Å²) in [4.78, 5) is 16.6. The maximum absolute atomic E-state index is 11.8. The number of amides is 1. The van der Waals surface area contributed by atoms with Crippen molar-refractivity contribution < 1.29 is 13.2 Å². The van der Waals surface area contributed by atoms with Gasteiger partial charge < -0.3 is 9.80 Å². The molecule has 152 valence electrons. The summed E-state index contributed by atoms with van der Waals surface area (Å²) < 4.78 is 23.1. The molecule has 1 aliphatic rings. The van der Waals surface area contributed by atoms with E-state index in [4.69, 9.17) is 0 Å². The number of benzene rings is 1. The van der Waals surface area contributed by atoms with E-state index in [9.17, 15) is 13.2 Å². The Hall–Kier alpha value is -1.05. The zero-order valence-electron chi connectivity index (χ0n) is 16.7. The molecule has 1 aromatic carbocycles. The van der Waals surface area contributed by atoms with Gasteiger partial charge in [0.25, 0.3) is 5.24 Å². The molecule has 0 aliphatic carbocycles. The summed E-state index contributed by atoms with van der Waals surface area (Å²) in [6.45, 7) is 8.18. The smallest absolute Gasteiger partial charge is 0.281 e. The Morgan fingerprint density at radius 3 is 2.52 bits per heavy atom. The van der Waals surface area contributed by atoms with Gasteiger partial charge in [-0.2, -0.15) is 0 Å². The first-order valence-electron chi connectivity index (χ1n) is 9.76. The largest absolute Gasteiger partial charge is 0.334 e. The fourth-order valence-electron chi connectivity index (χ4n) is 3.45. The van der Waals surface area contributed by atoms with E-state index in [0.717, 1.165) is 63.2 Å². The number of sulfone groups is 1. The van der Waals surface area contributed by atoms with Gasteiger partial charge in [0.15, 0.2) is 9.84 Å². The van der Waals surface area contributed by atoms with E-state index < -0.39 is 9.84 Å². The summed E-state index contributed by atoms with van der Waals surface area (Å²) in [6, 6.07) is 7.62. The number of carbonyl (C=O) groups excluding carboxylic acids is 1. The average molecular weight is 413 g/mol. The van der Waals surface area contributed by atoms with Crippen molar-refractivity contribution >= 4 is 26.8 Å². The number of thioether (sulfide) groups is 1. The number of likely N-dealkylation sites (N-methyl/N-ethyl adjacent to an activating group) is 1. The molecular weight excluding hydrogens is 380 g/mol. The first kappa shape index (κ1) is 22.2. The van der Waals surface area contributed by atoms with Crippen molar-refractivity contribution in [3.63, 3.8) is 0 Å². The lowest BCUT2D eigenvalue weighted by Crippen LogP contribution is -2.36. The van der Waals surface area contributed by atoms with Crippen molar-refractivity contribution in [2.75, 3.05) is 38.2 Å². The topological polar surface area (TPSA) is 57.7 Å². The second-order valence-corrected chi connectivity index (χ2v) is 10.3. The molecule has 1 saturated heterocycles. The number of unbranched alkanes of at least 4 members (excludes halogenated alkanes) is 1. The highest BCUT2D eigenvalue weighted by Gasteiger charge is 2.18. The Balaban J connectivity index is 1.77. The maximum atomic E-state index is 11.8. The zero-order valence-corrected chi connectivity index (χ0v) is 18.3. The second-order valence-electron chi connectivity index (χ2n) is 7.26. The molecule has 0 spiro atoms. The third kappa shape index (κ3) is 7.12. The molecule has 7 heteroatoms. The van der Waals surface area contributed by atoms with Gasteiger partial charge in [-0.25, -0.2) is 8.42 Å². The molecular formula is C20H32N2O3S2. The van der Waals surface area contributed by atoms with Crippen LogP contribution in [0.4, 0.5) is 4.79 Å². The third-order valence-corrected chi connectivity index (χ3v) is 7.22. The number of carbonyl (C=O) groups is 1. The molecule has 1 aliphatic heterocycles. The lowest BCUT2D eigenvalue weighted by atomic mass is 10.1. The summed E-state index contributed by atoms with van der Waals surface area (Å²) in [5.41, 5.74) is 1.16. The van der Waals surface area contributed by atoms with Gasteiger partial charge in [-0.1, -0.05) is 30.8 Å². The molecule has 27 heavy (non-hydrogen) atoms. The van der Waals surface area contributed by atoms with Crippen LogP contribution in [0.5, 0.6) is 0 Å². The van der Waals surface area contributed by atoms with Crippen LogP contribution in [-0.2, 0) is 16.3 Å². The molecule has 1 aromatic rings. The number of hydrogen-bond acceptors (Lipinski definition) is 5. The fraction of sp³-hybridized carbons (Fsp3) is 0.650. The van der Waals surface area contributed by atoms with E-state index in [-0.39, 0.29) is 5.24 Å². The van der Waals surface area contributed by atoms with Crippen molar-refractivity contribution in [3.8, 4) is 0 Å². The van der Waals surface area contributed by atoms with Crippen LogP contribution in [0.15, 0.2) is 29.2 Å². The Labute approximate surface area is 168 Å². The molecule has 5 nitrogen and oxygen atoms in total. The minimum absolute atomic E-state index is 0.236. The molecule has 1 fully saturated rings. The van der Waals surface area contributed by atoms with Crippen LogP contribution in [0.3, 0.4) is 0 Å². The molecule has 1 heterocycles. The van der Waals surface area contributed by atoms with Crippen LogP contribution in [0.1, 0.15) is 38.7 Å². The standard InChI is InChI=1S/C20H32N2O3S2/c1-4-21(12-5-6-13-22-14-7-15-26-20(22)23)17(2)16-18-8-10-19(11-9-18)27(3,24)25/h8-11,17H,4-7,12-16H2,1-3H3. The minimum Gasteiger partial charge on any atom is -0.334 e. The van der Waals surface area contributed by atoms with E-state index in [0.29, 0.717) is 10.9 Å². The van der Waals surface area contributed by atoms with Crippen LogP contribution in [0, 0.1) is 0 Å². The summed E-state index contributed by atoms with van der Waals surface area (Å²) >= 11 is 1.44. The highest BCUT2D eigenvalue weighted by atomic mass is 32.2. The quantitative estimate of drug-likeness (QED) is 0.549. The van der Waals surface area contributed by atoms with E-state index in [1.165, 1.54) is 18.0 Å². The Kier molecular flexibility index (Phi) is 8.63. The lowest BCUT2D eigenvalue weighted by Gasteiger charge is -2.29. The molecule has 0 radical (unpaired) electrons. The van der Waals surface area contributed by atoms with Crippen molar-refractivity contribution in [2.24, 2.45) is 0 Å². The van der Waals surface area contributed by atoms with Gasteiger partial charge in [-0.05, 0) is 63.4 Å². The van der Waals surface area contributed by atoms with E-state index >= 15 is 0 Å². The van der Waals surface area contributed by atoms with E-state index in [1.807, 2.05) is 17.0 Å². The predicted molar refractivity (Wildman–Crippen MR) is 113 cm³/mol. The lowest BCUT2D eigenvalue weighted by molar-refractivity contribution is 0.203. The fourth-order valence-corrected chi connectivity index (χ4v) is 4.89. The zero-order chi connectivity index (χ0) is 19.9. The summed E-state index contributed by atoms with van der Waals surface area (Å²) in [5.74, 6) is 0.960. The van der Waals surface area contributed by atoms with Crippen molar-refractivity contribution in [3.05, 3.63) is 29.8 Å². The molecule has 1 atom stereocenters. The number of rotatable bonds is 10. The normalized spacial score (nSPS) is 16.7. The van der Waals surface area contributed by atoms with Crippen molar-refractivity contribution in [1.29, 1.82) is 0 Å².